The van der Waals surface area contributed by atoms with Gasteiger partial charge in [0.15, 0.2) is 0 Å². The molecule has 0 N–H and O–H groups in total. The molecule has 4 rings (SSSR count). The van der Waals surface area contributed by atoms with Crippen molar-refractivity contribution in [2.24, 2.45) is 0 Å². The minimum absolute atomic E-state index is 0.0108. The van der Waals surface area contributed by atoms with Crippen molar-refractivity contribution in [3.63, 3.8) is 0 Å². The highest BCUT2D eigenvalue weighted by Crippen LogP contribution is 2.37. The average Bonchev–Trinajstić information content (AvgIpc) is 2.82. The fourth-order valence-corrected chi connectivity index (χ4v) is 3.35. The van der Waals surface area contributed by atoms with Gasteiger partial charge in [-0.2, -0.15) is 13.2 Å². The van der Waals surface area contributed by atoms with Gasteiger partial charge >= 0.3 is 12.1 Å². The number of esters is 1. The highest BCUT2D eigenvalue weighted by Gasteiger charge is 2.39. The lowest BCUT2D eigenvalue weighted by molar-refractivity contribution is -0.152. The molecule has 0 bridgehead atoms. The van der Waals surface area contributed by atoms with E-state index in [1.165, 1.54) is 37.4 Å². The van der Waals surface area contributed by atoms with Crippen molar-refractivity contribution in [1.29, 1.82) is 0 Å². The second-order valence-corrected chi connectivity index (χ2v) is 7.13. The second kappa shape index (κ2) is 8.82. The molecule has 0 saturated carbocycles. The summed E-state index contributed by atoms with van der Waals surface area (Å²) in [7, 11) is 1.28. The standard InChI is InChI=1S/C25H17F3O5/c1-31-24(30)17-9-7-15(8-10-17)14-32-18-11-12-19-20(13-18)33-23(25(26,27)28)21(22(19)29)16-5-3-2-4-6-16/h2-13H,14H2,1H3. The largest absolute Gasteiger partial charge is 0.489 e. The van der Waals surface area contributed by atoms with E-state index < -0.39 is 28.9 Å². The number of hydrogen-bond donors (Lipinski definition) is 0. The number of benzene rings is 3. The number of hydrogen-bond acceptors (Lipinski definition) is 5. The molecular weight excluding hydrogens is 437 g/mol. The third-order valence-electron chi connectivity index (χ3n) is 4.96. The third kappa shape index (κ3) is 4.59. The topological polar surface area (TPSA) is 65.7 Å². The van der Waals surface area contributed by atoms with Crippen molar-refractivity contribution in [2.45, 2.75) is 12.8 Å². The van der Waals surface area contributed by atoms with Gasteiger partial charge in [0, 0.05) is 6.07 Å². The molecule has 1 aromatic heterocycles. The number of fused-ring (bicyclic) bond motifs is 1. The summed E-state index contributed by atoms with van der Waals surface area (Å²) in [5.74, 6) is -1.60. The molecule has 1 heterocycles. The Bertz CT molecular complexity index is 1360. The minimum Gasteiger partial charge on any atom is -0.489 e. The number of methoxy groups -OCH3 is 1. The first-order valence-corrected chi connectivity index (χ1v) is 9.81. The zero-order chi connectivity index (χ0) is 23.6. The van der Waals surface area contributed by atoms with E-state index in [0.717, 1.165) is 5.56 Å². The molecule has 0 unspecified atom stereocenters. The normalized spacial score (nSPS) is 11.4. The summed E-state index contributed by atoms with van der Waals surface area (Å²) in [6, 6.07) is 18.2. The van der Waals surface area contributed by atoms with Gasteiger partial charge in [-0.1, -0.05) is 42.5 Å². The lowest BCUT2D eigenvalue weighted by Crippen LogP contribution is -2.16. The number of alkyl halides is 3. The van der Waals surface area contributed by atoms with Crippen LogP contribution in [0.1, 0.15) is 21.7 Å². The van der Waals surface area contributed by atoms with Gasteiger partial charge in [0.25, 0.3) is 0 Å². The highest BCUT2D eigenvalue weighted by molar-refractivity contribution is 5.89. The predicted octanol–water partition coefficient (Wildman–Crippen LogP) is 5.84. The first-order chi connectivity index (χ1) is 15.8. The van der Waals surface area contributed by atoms with Crippen LogP contribution in [-0.4, -0.2) is 13.1 Å². The molecule has 5 nitrogen and oxygen atoms in total. The van der Waals surface area contributed by atoms with E-state index >= 15 is 0 Å². The molecule has 0 aliphatic rings. The van der Waals surface area contributed by atoms with Crippen molar-refractivity contribution in [3.8, 4) is 16.9 Å². The molecule has 0 aliphatic heterocycles. The molecule has 0 atom stereocenters. The lowest BCUT2D eigenvalue weighted by Gasteiger charge is -2.13. The summed E-state index contributed by atoms with van der Waals surface area (Å²) in [6.07, 6.45) is -4.86. The highest BCUT2D eigenvalue weighted by atomic mass is 19.4. The van der Waals surface area contributed by atoms with Crippen molar-refractivity contribution < 1.29 is 31.9 Å². The van der Waals surface area contributed by atoms with E-state index in [4.69, 9.17) is 9.15 Å². The average molecular weight is 454 g/mol. The van der Waals surface area contributed by atoms with Gasteiger partial charge < -0.3 is 13.9 Å². The summed E-state index contributed by atoms with van der Waals surface area (Å²) in [5, 5.41) is 0.0108. The maximum atomic E-state index is 13.7. The summed E-state index contributed by atoms with van der Waals surface area (Å²) < 4.78 is 56.7. The number of halogens is 3. The Morgan fingerprint density at radius 2 is 1.67 bits per heavy atom. The Kier molecular flexibility index (Phi) is 5.91. The van der Waals surface area contributed by atoms with Crippen molar-refractivity contribution in [1.82, 2.24) is 0 Å². The van der Waals surface area contributed by atoms with E-state index in [1.54, 1.807) is 42.5 Å². The van der Waals surface area contributed by atoms with Gasteiger partial charge in [-0.15, -0.1) is 0 Å². The summed E-state index contributed by atoms with van der Waals surface area (Å²) in [6.45, 7) is 0.0887. The van der Waals surface area contributed by atoms with E-state index in [1.807, 2.05) is 0 Å². The summed E-state index contributed by atoms with van der Waals surface area (Å²) in [5.41, 5.74) is -0.321. The Morgan fingerprint density at radius 1 is 0.970 bits per heavy atom. The van der Waals surface area contributed by atoms with Crippen LogP contribution in [0.5, 0.6) is 5.75 Å². The van der Waals surface area contributed by atoms with Crippen LogP contribution in [0.3, 0.4) is 0 Å². The van der Waals surface area contributed by atoms with E-state index in [2.05, 4.69) is 4.74 Å². The number of carbonyl (C=O) groups excluding carboxylic acids is 1. The van der Waals surface area contributed by atoms with Crippen LogP contribution in [-0.2, 0) is 17.5 Å². The predicted molar refractivity (Wildman–Crippen MR) is 115 cm³/mol. The van der Waals surface area contributed by atoms with Crippen molar-refractivity contribution >= 4 is 16.9 Å². The molecule has 0 fully saturated rings. The first-order valence-electron chi connectivity index (χ1n) is 9.81. The van der Waals surface area contributed by atoms with Gasteiger partial charge in [0.1, 0.15) is 17.9 Å². The van der Waals surface area contributed by atoms with Gasteiger partial charge in [0.2, 0.25) is 11.2 Å². The van der Waals surface area contributed by atoms with Crippen LogP contribution in [0, 0.1) is 0 Å². The minimum atomic E-state index is -4.86. The number of carbonyl (C=O) groups is 1. The molecule has 0 radical (unpaired) electrons. The summed E-state index contributed by atoms with van der Waals surface area (Å²) >= 11 is 0. The smallest absolute Gasteiger partial charge is 0.450 e. The zero-order valence-corrected chi connectivity index (χ0v) is 17.3. The van der Waals surface area contributed by atoms with Gasteiger partial charge in [-0.25, -0.2) is 4.79 Å². The number of rotatable bonds is 5. The Balaban J connectivity index is 1.68. The molecule has 3 aromatic carbocycles. The molecule has 0 amide bonds. The molecule has 168 valence electrons. The van der Waals surface area contributed by atoms with Gasteiger partial charge in [-0.3, -0.25) is 4.79 Å². The van der Waals surface area contributed by atoms with E-state index in [9.17, 15) is 22.8 Å². The quantitative estimate of drug-likeness (QED) is 0.354. The second-order valence-electron chi connectivity index (χ2n) is 7.13. The van der Waals surface area contributed by atoms with Gasteiger partial charge in [-0.05, 0) is 35.4 Å². The van der Waals surface area contributed by atoms with Crippen LogP contribution in [0.4, 0.5) is 13.2 Å². The van der Waals surface area contributed by atoms with E-state index in [-0.39, 0.29) is 28.9 Å². The molecule has 0 saturated heterocycles. The Labute approximate surface area is 186 Å². The Morgan fingerprint density at radius 3 is 2.30 bits per heavy atom. The third-order valence-corrected chi connectivity index (χ3v) is 4.96. The molecular formula is C25H17F3O5. The molecule has 0 aliphatic carbocycles. The van der Waals surface area contributed by atoms with Crippen molar-refractivity contribution in [3.05, 3.63) is 99.9 Å². The zero-order valence-electron chi connectivity index (χ0n) is 17.3. The van der Waals surface area contributed by atoms with Crippen LogP contribution in [0.2, 0.25) is 0 Å². The molecule has 0 spiro atoms. The number of ether oxygens (including phenoxy) is 2. The lowest BCUT2D eigenvalue weighted by atomic mass is 10.0. The van der Waals surface area contributed by atoms with E-state index in [0.29, 0.717) is 5.56 Å². The maximum absolute atomic E-state index is 13.7. The monoisotopic (exact) mass is 454 g/mol. The van der Waals surface area contributed by atoms with Crippen LogP contribution >= 0.6 is 0 Å². The van der Waals surface area contributed by atoms with Crippen LogP contribution in [0.25, 0.3) is 22.1 Å². The molecule has 33 heavy (non-hydrogen) atoms. The molecule has 4 aromatic rings. The fourth-order valence-electron chi connectivity index (χ4n) is 3.35. The first kappa shape index (κ1) is 22.1. The molecule has 8 heteroatoms. The maximum Gasteiger partial charge on any atom is 0.450 e. The van der Waals surface area contributed by atoms with Crippen molar-refractivity contribution in [2.75, 3.05) is 7.11 Å². The summed E-state index contributed by atoms with van der Waals surface area (Å²) in [4.78, 5) is 24.5. The Hall–Kier alpha value is -4.07. The van der Waals surface area contributed by atoms with Crippen LogP contribution in [0.15, 0.2) is 82.0 Å². The van der Waals surface area contributed by atoms with Gasteiger partial charge in [0.05, 0.1) is 23.6 Å². The SMILES string of the molecule is COC(=O)c1ccc(COc2ccc3c(=O)c(-c4ccccc4)c(C(F)(F)F)oc3c2)cc1. The van der Waals surface area contributed by atoms with Crippen LogP contribution < -0.4 is 10.2 Å². The fraction of sp³-hybridized carbons (Fsp3) is 0.120.